The monoisotopic (exact) mass is 623 g/mol. The third-order valence-electron chi connectivity index (χ3n) is 10.6. The summed E-state index contributed by atoms with van der Waals surface area (Å²) in [6.45, 7) is 4.12. The Labute approximate surface area is 267 Å². The summed E-state index contributed by atoms with van der Waals surface area (Å²) in [7, 11) is 4.03. The van der Waals surface area contributed by atoms with E-state index in [1.165, 1.54) is 5.56 Å². The molecule has 0 amide bonds. The van der Waals surface area contributed by atoms with Gasteiger partial charge in [0.25, 0.3) is 0 Å². The van der Waals surface area contributed by atoms with Crippen molar-refractivity contribution in [1.82, 2.24) is 34.7 Å². The molecular formula is C34H38FN9O2. The molecule has 1 aromatic carbocycles. The molecule has 0 radical (unpaired) electrons. The molecule has 4 aliphatic rings. The zero-order valence-electron chi connectivity index (χ0n) is 26.5. The van der Waals surface area contributed by atoms with Gasteiger partial charge in [-0.15, -0.1) is 0 Å². The van der Waals surface area contributed by atoms with Crippen molar-refractivity contribution < 1.29 is 13.7 Å². The van der Waals surface area contributed by atoms with Crippen molar-refractivity contribution in [3.05, 3.63) is 63.7 Å². The summed E-state index contributed by atoms with van der Waals surface area (Å²) in [6.07, 6.45) is 6.30. The van der Waals surface area contributed by atoms with Crippen LogP contribution in [0.2, 0.25) is 0 Å². The number of aryl methyl sites for hydroxylation is 1. The van der Waals surface area contributed by atoms with Gasteiger partial charge >= 0.3 is 0 Å². The summed E-state index contributed by atoms with van der Waals surface area (Å²) in [4.78, 5) is 14.1. The van der Waals surface area contributed by atoms with E-state index in [0.29, 0.717) is 47.4 Å². The second kappa shape index (κ2) is 10.9. The smallest absolute Gasteiger partial charge is 0.219 e. The number of alkyl halides is 1. The lowest BCUT2D eigenvalue weighted by atomic mass is 9.68. The number of benzene rings is 1. The second-order valence-electron chi connectivity index (χ2n) is 13.5. The number of nitrogens with two attached hydrogens (primary N) is 1. The number of rotatable bonds is 5. The molecule has 2 N–H and O–H groups in total. The van der Waals surface area contributed by atoms with Crippen molar-refractivity contribution in [2.24, 2.45) is 0 Å². The number of ether oxygens (including phenoxy) is 1. The maximum atomic E-state index is 14.3. The summed E-state index contributed by atoms with van der Waals surface area (Å²) in [5, 5.41) is 19.6. The predicted octanol–water partition coefficient (Wildman–Crippen LogP) is 4.14. The van der Waals surface area contributed by atoms with Crippen LogP contribution in [0.4, 0.5) is 10.1 Å². The van der Waals surface area contributed by atoms with Crippen molar-refractivity contribution in [2.45, 2.75) is 82.1 Å². The van der Waals surface area contributed by atoms with E-state index in [-0.39, 0.29) is 12.1 Å². The van der Waals surface area contributed by atoms with E-state index < -0.39 is 11.6 Å². The zero-order chi connectivity index (χ0) is 31.7. The van der Waals surface area contributed by atoms with Gasteiger partial charge in [-0.1, -0.05) is 11.2 Å². The van der Waals surface area contributed by atoms with Crippen LogP contribution in [-0.4, -0.2) is 80.2 Å². The maximum Gasteiger partial charge on any atom is 0.219 e. The lowest BCUT2D eigenvalue weighted by Gasteiger charge is -2.33. The molecule has 11 nitrogen and oxygen atoms in total. The van der Waals surface area contributed by atoms with Crippen LogP contribution in [0.25, 0.3) is 17.3 Å². The average molecular weight is 624 g/mol. The number of nitrogen functional groups attached to an aromatic ring is 1. The molecule has 8 rings (SSSR count). The van der Waals surface area contributed by atoms with Crippen LogP contribution in [0.5, 0.6) is 5.88 Å². The molecule has 0 saturated carbocycles. The first-order chi connectivity index (χ1) is 22.2. The minimum Gasteiger partial charge on any atom is -0.473 e. The Morgan fingerprint density at radius 2 is 2.04 bits per heavy atom. The number of nitrogens with zero attached hydrogens (tertiary/aromatic N) is 8. The van der Waals surface area contributed by atoms with Crippen molar-refractivity contribution in [2.75, 3.05) is 32.9 Å². The molecule has 2 aliphatic heterocycles. The molecule has 12 heteroatoms. The highest BCUT2D eigenvalue weighted by atomic mass is 19.1. The van der Waals surface area contributed by atoms with Crippen LogP contribution < -0.4 is 10.5 Å². The number of hydrogen-bond acceptors (Lipinski definition) is 10. The number of fused-ring (bicyclic) bond motifs is 5. The Bertz CT molecular complexity index is 1880. The first-order valence-electron chi connectivity index (χ1n) is 16.2. The number of likely N-dealkylation sites (N-methyl/N-ethyl adjacent to an activating group) is 2. The molecule has 3 aromatic heterocycles. The molecule has 4 atom stereocenters. The molecule has 0 bridgehead atoms. The highest BCUT2D eigenvalue weighted by Crippen LogP contribution is 2.54. The highest BCUT2D eigenvalue weighted by Gasteiger charge is 2.49. The number of hydrogen-bond donors (Lipinski definition) is 1. The molecule has 0 unspecified atom stereocenters. The van der Waals surface area contributed by atoms with Gasteiger partial charge in [-0.05, 0) is 76.7 Å². The Kier molecular flexibility index (Phi) is 6.88. The Balaban J connectivity index is 1.23. The van der Waals surface area contributed by atoms with Crippen LogP contribution in [0.3, 0.4) is 0 Å². The molecule has 1 spiro atoms. The molecule has 2 aliphatic carbocycles. The lowest BCUT2D eigenvalue weighted by Crippen LogP contribution is -2.38. The number of aromatic nitrogens is 5. The minimum absolute atomic E-state index is 0.0757. The summed E-state index contributed by atoms with van der Waals surface area (Å²) in [6, 6.07) is 7.96. The third kappa shape index (κ3) is 4.59. The van der Waals surface area contributed by atoms with Crippen LogP contribution in [0.1, 0.15) is 71.9 Å². The fourth-order valence-electron chi connectivity index (χ4n) is 8.31. The van der Waals surface area contributed by atoms with Crippen LogP contribution >= 0.6 is 0 Å². The van der Waals surface area contributed by atoms with Gasteiger partial charge in [0.2, 0.25) is 5.88 Å². The van der Waals surface area contributed by atoms with Gasteiger partial charge in [-0.25, -0.2) is 14.1 Å². The summed E-state index contributed by atoms with van der Waals surface area (Å²) in [5.41, 5.74) is 12.7. The molecule has 1 saturated heterocycles. The minimum atomic E-state index is -0.877. The van der Waals surface area contributed by atoms with Gasteiger partial charge in [0.15, 0.2) is 23.1 Å². The fourth-order valence-corrected chi connectivity index (χ4v) is 8.31. The van der Waals surface area contributed by atoms with E-state index in [1.807, 2.05) is 37.2 Å². The first-order valence-corrected chi connectivity index (χ1v) is 16.2. The van der Waals surface area contributed by atoms with E-state index in [2.05, 4.69) is 23.2 Å². The first kappa shape index (κ1) is 29.1. The Morgan fingerprint density at radius 3 is 2.85 bits per heavy atom. The van der Waals surface area contributed by atoms with Gasteiger partial charge in [-0.3, -0.25) is 4.90 Å². The molecule has 5 heterocycles. The molecular weight excluding hydrogens is 585 g/mol. The summed E-state index contributed by atoms with van der Waals surface area (Å²) < 4.78 is 28.7. The van der Waals surface area contributed by atoms with Gasteiger partial charge in [0.1, 0.15) is 18.3 Å². The topological polar surface area (TPSA) is 135 Å². The molecule has 238 valence electrons. The van der Waals surface area contributed by atoms with Crippen molar-refractivity contribution in [3.8, 4) is 29.3 Å². The normalized spacial score (nSPS) is 24.8. The maximum absolute atomic E-state index is 14.3. The van der Waals surface area contributed by atoms with E-state index in [4.69, 9.17) is 30.1 Å². The van der Waals surface area contributed by atoms with Crippen molar-refractivity contribution >= 4 is 5.69 Å². The zero-order valence-corrected chi connectivity index (χ0v) is 26.5. The number of nitriles is 1. The van der Waals surface area contributed by atoms with Gasteiger partial charge < -0.3 is 19.9 Å². The van der Waals surface area contributed by atoms with Gasteiger partial charge in [-0.2, -0.15) is 15.3 Å². The predicted molar refractivity (Wildman–Crippen MR) is 168 cm³/mol. The standard InChI is InChI=1S/C34H38FN9O2/c1-19(27-13-22(35)18-43(27)3)45-29-14-28(44-17-21-16-42(2)12-9-26(21)40-44)38-33(39-29)31-23-5-4-10-34(32(23)46-41-31)11-8-20-6-7-25(37)24(15-36)30(20)34/h6-7,14,17,19,22,27H,4-5,8-13,16,18,37H2,1-3H3/t19-,22+,27-,34-/m0/s1. The average Bonchev–Trinajstić information content (AvgIpc) is 3.82. The Morgan fingerprint density at radius 1 is 1.17 bits per heavy atom. The highest BCUT2D eigenvalue weighted by molar-refractivity contribution is 5.68. The SMILES string of the molecule is C[C@H](Oc1cc(-n2cc3c(n2)CCN(C)C3)nc(-c2noc3c2CCC[C@@]32CCc3ccc(N)c(C#N)c32)n1)[C@@H]1C[C@@H](F)CN1C. The van der Waals surface area contributed by atoms with E-state index in [0.717, 1.165) is 79.8 Å². The largest absolute Gasteiger partial charge is 0.473 e. The summed E-state index contributed by atoms with van der Waals surface area (Å²) in [5.74, 6) is 2.11. The van der Waals surface area contributed by atoms with E-state index in [1.54, 1.807) is 10.7 Å². The van der Waals surface area contributed by atoms with Crippen molar-refractivity contribution in [1.29, 1.82) is 5.26 Å². The Hall–Kier alpha value is -4.34. The quantitative estimate of drug-likeness (QED) is 0.323. The molecule has 4 aromatic rings. The van der Waals surface area contributed by atoms with E-state index in [9.17, 15) is 9.65 Å². The number of anilines is 1. The number of halogens is 1. The van der Waals surface area contributed by atoms with Crippen LogP contribution in [-0.2, 0) is 31.2 Å². The second-order valence-corrected chi connectivity index (χ2v) is 13.5. The van der Waals surface area contributed by atoms with Crippen LogP contribution in [0.15, 0.2) is 28.9 Å². The van der Waals surface area contributed by atoms with Gasteiger partial charge in [0.05, 0.1) is 16.7 Å². The third-order valence-corrected chi connectivity index (χ3v) is 10.6. The lowest BCUT2D eigenvalue weighted by molar-refractivity contribution is 0.117. The fraction of sp³-hybridized carbons (Fsp3) is 0.500. The molecule has 1 fully saturated rings. The van der Waals surface area contributed by atoms with Gasteiger partial charge in [0, 0.05) is 61.2 Å². The number of likely N-dealkylation sites (tertiary alicyclic amines) is 1. The van der Waals surface area contributed by atoms with Crippen molar-refractivity contribution in [3.63, 3.8) is 0 Å². The summed E-state index contributed by atoms with van der Waals surface area (Å²) >= 11 is 0. The van der Waals surface area contributed by atoms with Crippen LogP contribution in [0, 0.1) is 11.3 Å². The molecule has 46 heavy (non-hydrogen) atoms. The van der Waals surface area contributed by atoms with E-state index >= 15 is 0 Å².